The van der Waals surface area contributed by atoms with E-state index in [1.165, 1.54) is 6.26 Å². The van der Waals surface area contributed by atoms with Crippen molar-refractivity contribution in [2.75, 3.05) is 13.2 Å². The molecular weight excluding hydrogens is 352 g/mol. The largest absolute Gasteiger partial charge is 0.484 e. The summed E-state index contributed by atoms with van der Waals surface area (Å²) in [6.07, 6.45) is 1.53. The Hall–Kier alpha value is -2.28. The van der Waals surface area contributed by atoms with Gasteiger partial charge in [0.05, 0.1) is 19.4 Å². The number of amides is 2. The summed E-state index contributed by atoms with van der Waals surface area (Å²) in [6.45, 7) is 0.0273. The van der Waals surface area contributed by atoms with E-state index in [0.717, 1.165) is 4.47 Å². The highest BCUT2D eigenvalue weighted by Gasteiger charge is 2.07. The maximum Gasteiger partial charge on any atom is 0.258 e. The summed E-state index contributed by atoms with van der Waals surface area (Å²) >= 11 is 3.31. The Morgan fingerprint density at radius 1 is 1.14 bits per heavy atom. The van der Waals surface area contributed by atoms with E-state index in [1.807, 2.05) is 6.07 Å². The van der Waals surface area contributed by atoms with Gasteiger partial charge in [-0.1, -0.05) is 22.0 Å². The summed E-state index contributed by atoms with van der Waals surface area (Å²) in [5.74, 6) is 0.560. The predicted molar refractivity (Wildman–Crippen MR) is 83.2 cm³/mol. The molecule has 0 spiro atoms. The summed E-state index contributed by atoms with van der Waals surface area (Å²) in [4.78, 5) is 23.1. The van der Waals surface area contributed by atoms with Crippen LogP contribution in [0.1, 0.15) is 5.76 Å². The minimum absolute atomic E-state index is 0.110. The van der Waals surface area contributed by atoms with Crippen LogP contribution in [0.25, 0.3) is 0 Å². The molecule has 1 heterocycles. The van der Waals surface area contributed by atoms with Crippen LogP contribution in [0.15, 0.2) is 51.6 Å². The lowest BCUT2D eigenvalue weighted by molar-refractivity contribution is -0.127. The number of hydrogen-bond acceptors (Lipinski definition) is 4. The second kappa shape index (κ2) is 8.23. The average Bonchev–Trinajstić information content (AvgIpc) is 3.02. The van der Waals surface area contributed by atoms with E-state index in [2.05, 4.69) is 26.6 Å². The molecule has 0 bridgehead atoms. The van der Waals surface area contributed by atoms with Crippen LogP contribution in [0.3, 0.4) is 0 Å². The normalized spacial score (nSPS) is 10.0. The molecule has 0 fully saturated rings. The topological polar surface area (TPSA) is 80.6 Å². The molecular formula is C15H15BrN2O4. The van der Waals surface area contributed by atoms with E-state index in [1.54, 1.807) is 30.3 Å². The van der Waals surface area contributed by atoms with Gasteiger partial charge in [0.15, 0.2) is 6.61 Å². The molecule has 0 aliphatic rings. The number of benzene rings is 1. The molecule has 1 aromatic heterocycles. The van der Waals surface area contributed by atoms with Crippen LogP contribution < -0.4 is 15.4 Å². The number of carbonyl (C=O) groups is 2. The first-order valence-corrected chi connectivity index (χ1v) is 7.37. The van der Waals surface area contributed by atoms with E-state index in [0.29, 0.717) is 11.5 Å². The van der Waals surface area contributed by atoms with Crippen molar-refractivity contribution in [1.82, 2.24) is 10.6 Å². The minimum atomic E-state index is -0.367. The van der Waals surface area contributed by atoms with Crippen molar-refractivity contribution in [2.45, 2.75) is 6.54 Å². The summed E-state index contributed by atoms with van der Waals surface area (Å²) in [7, 11) is 0. The fourth-order valence-electron chi connectivity index (χ4n) is 1.60. The van der Waals surface area contributed by atoms with Crippen LogP contribution in [0.5, 0.6) is 5.75 Å². The Morgan fingerprint density at radius 2 is 2.00 bits per heavy atom. The molecule has 0 aliphatic carbocycles. The van der Waals surface area contributed by atoms with Gasteiger partial charge < -0.3 is 19.8 Å². The summed E-state index contributed by atoms with van der Waals surface area (Å²) in [5.41, 5.74) is 0. The number of hydrogen-bond donors (Lipinski definition) is 2. The van der Waals surface area contributed by atoms with Gasteiger partial charge in [0.25, 0.3) is 5.91 Å². The number of halogens is 1. The third-order valence-electron chi connectivity index (χ3n) is 2.65. The lowest BCUT2D eigenvalue weighted by atomic mass is 10.3. The van der Waals surface area contributed by atoms with Crippen LogP contribution in [0.4, 0.5) is 0 Å². The van der Waals surface area contributed by atoms with Crippen molar-refractivity contribution in [3.05, 3.63) is 52.9 Å². The maximum absolute atomic E-state index is 11.6. The molecule has 2 rings (SSSR count). The molecule has 0 aliphatic heterocycles. The molecule has 116 valence electrons. The average molecular weight is 367 g/mol. The Morgan fingerprint density at radius 3 is 2.73 bits per heavy atom. The van der Waals surface area contributed by atoms with Gasteiger partial charge in [-0.2, -0.15) is 0 Å². The molecule has 0 saturated heterocycles. The van der Waals surface area contributed by atoms with Crippen molar-refractivity contribution in [1.29, 1.82) is 0 Å². The van der Waals surface area contributed by atoms with Crippen LogP contribution in [-0.2, 0) is 16.1 Å². The van der Waals surface area contributed by atoms with Crippen LogP contribution in [-0.4, -0.2) is 25.0 Å². The van der Waals surface area contributed by atoms with Gasteiger partial charge in [0.1, 0.15) is 11.5 Å². The number of furan rings is 1. The summed E-state index contributed by atoms with van der Waals surface area (Å²) < 4.78 is 11.3. The number of nitrogens with one attached hydrogen (secondary N) is 2. The van der Waals surface area contributed by atoms with E-state index in [4.69, 9.17) is 9.15 Å². The fourth-order valence-corrected chi connectivity index (χ4v) is 1.98. The first kappa shape index (κ1) is 16.1. The highest BCUT2D eigenvalue weighted by molar-refractivity contribution is 9.10. The molecule has 7 heteroatoms. The number of ether oxygens (including phenoxy) is 1. The SMILES string of the molecule is O=C(CNC(=O)COc1cccc(Br)c1)NCc1ccco1. The van der Waals surface area contributed by atoms with Gasteiger partial charge >= 0.3 is 0 Å². The van der Waals surface area contributed by atoms with Crippen LogP contribution >= 0.6 is 15.9 Å². The molecule has 22 heavy (non-hydrogen) atoms. The van der Waals surface area contributed by atoms with Gasteiger partial charge in [-0.25, -0.2) is 0 Å². The Kier molecular flexibility index (Phi) is 6.02. The van der Waals surface area contributed by atoms with Gasteiger partial charge in [-0.05, 0) is 30.3 Å². The molecule has 0 radical (unpaired) electrons. The monoisotopic (exact) mass is 366 g/mol. The first-order valence-electron chi connectivity index (χ1n) is 6.57. The second-order valence-electron chi connectivity index (χ2n) is 4.38. The summed E-state index contributed by atoms with van der Waals surface area (Å²) in [6, 6.07) is 10.7. The van der Waals surface area contributed by atoms with E-state index >= 15 is 0 Å². The summed E-state index contributed by atoms with van der Waals surface area (Å²) in [5, 5.41) is 5.11. The smallest absolute Gasteiger partial charge is 0.258 e. The highest BCUT2D eigenvalue weighted by Crippen LogP contribution is 2.17. The van der Waals surface area contributed by atoms with Gasteiger partial charge in [0, 0.05) is 4.47 Å². The third-order valence-corrected chi connectivity index (χ3v) is 3.15. The molecule has 0 atom stereocenters. The van der Waals surface area contributed by atoms with Gasteiger partial charge in [-0.15, -0.1) is 0 Å². The molecule has 6 nitrogen and oxygen atoms in total. The Labute approximate surface area is 136 Å². The zero-order chi connectivity index (χ0) is 15.8. The van der Waals surface area contributed by atoms with E-state index in [-0.39, 0.29) is 31.5 Å². The fraction of sp³-hybridized carbons (Fsp3) is 0.200. The minimum Gasteiger partial charge on any atom is -0.484 e. The molecule has 2 aromatic rings. The lowest BCUT2D eigenvalue weighted by Gasteiger charge is -2.08. The zero-order valence-corrected chi connectivity index (χ0v) is 13.3. The second-order valence-corrected chi connectivity index (χ2v) is 5.29. The highest BCUT2D eigenvalue weighted by atomic mass is 79.9. The number of rotatable bonds is 7. The predicted octanol–water partition coefficient (Wildman–Crippen LogP) is 1.85. The first-order chi connectivity index (χ1) is 10.6. The molecule has 2 N–H and O–H groups in total. The van der Waals surface area contributed by atoms with Crippen molar-refractivity contribution in [2.24, 2.45) is 0 Å². The van der Waals surface area contributed by atoms with E-state index < -0.39 is 0 Å². The van der Waals surface area contributed by atoms with Crippen molar-refractivity contribution in [3.8, 4) is 5.75 Å². The molecule has 1 aromatic carbocycles. The lowest BCUT2D eigenvalue weighted by Crippen LogP contribution is -2.38. The zero-order valence-electron chi connectivity index (χ0n) is 11.7. The number of carbonyl (C=O) groups excluding carboxylic acids is 2. The Balaban J connectivity index is 1.63. The van der Waals surface area contributed by atoms with Crippen molar-refractivity contribution < 1.29 is 18.7 Å². The molecule has 2 amide bonds. The van der Waals surface area contributed by atoms with Crippen LogP contribution in [0.2, 0.25) is 0 Å². The molecule has 0 saturated carbocycles. The van der Waals surface area contributed by atoms with Crippen molar-refractivity contribution in [3.63, 3.8) is 0 Å². The molecule has 0 unspecified atom stereocenters. The van der Waals surface area contributed by atoms with Crippen LogP contribution in [0, 0.1) is 0 Å². The van der Waals surface area contributed by atoms with Gasteiger partial charge in [0.2, 0.25) is 5.91 Å². The maximum atomic E-state index is 11.6. The van der Waals surface area contributed by atoms with Crippen molar-refractivity contribution >= 4 is 27.7 Å². The quantitative estimate of drug-likeness (QED) is 0.783. The third kappa shape index (κ3) is 5.61. The standard InChI is InChI=1S/C15H15BrN2O4/c16-11-3-1-4-12(7-11)22-10-15(20)18-9-14(19)17-8-13-5-2-6-21-13/h1-7H,8-10H2,(H,17,19)(H,18,20). The van der Waals surface area contributed by atoms with E-state index in [9.17, 15) is 9.59 Å². The Bertz CT molecular complexity index is 628. The van der Waals surface area contributed by atoms with Gasteiger partial charge in [-0.3, -0.25) is 9.59 Å².